The smallest absolute Gasteiger partial charge is 0.220 e. The highest BCUT2D eigenvalue weighted by molar-refractivity contribution is 5.75. The Morgan fingerprint density at radius 2 is 2.00 bits per heavy atom. The van der Waals surface area contributed by atoms with Gasteiger partial charge in [0.1, 0.15) is 0 Å². The van der Waals surface area contributed by atoms with E-state index in [0.717, 1.165) is 0 Å². The summed E-state index contributed by atoms with van der Waals surface area (Å²) < 4.78 is 0. The number of carbonyl (C=O) groups is 1. The van der Waals surface area contributed by atoms with Crippen molar-refractivity contribution in [1.82, 2.24) is 5.32 Å². The van der Waals surface area contributed by atoms with Crippen molar-refractivity contribution in [3.05, 3.63) is 0 Å². The van der Waals surface area contributed by atoms with Gasteiger partial charge in [0.2, 0.25) is 5.91 Å². The van der Waals surface area contributed by atoms with Crippen LogP contribution in [0.4, 0.5) is 0 Å². The van der Waals surface area contributed by atoms with Crippen molar-refractivity contribution in [3.63, 3.8) is 0 Å². The van der Waals surface area contributed by atoms with Gasteiger partial charge in [-0.15, -0.1) is 0 Å². The number of rotatable bonds is 2. The number of carbonyl (C=O) groups excluding carboxylic acids is 1. The van der Waals surface area contributed by atoms with Crippen LogP contribution in [0.15, 0.2) is 0 Å². The fraction of sp³-hybridized carbons (Fsp3) is 0.700. The van der Waals surface area contributed by atoms with Crippen molar-refractivity contribution < 1.29 is 4.79 Å². The van der Waals surface area contributed by atoms with E-state index in [0.29, 0.717) is 13.0 Å². The average molecular weight is 167 g/mol. The zero-order valence-electron chi connectivity index (χ0n) is 8.32. The van der Waals surface area contributed by atoms with Gasteiger partial charge in [0.15, 0.2) is 0 Å². The minimum Gasteiger partial charge on any atom is -0.345 e. The Bertz CT molecular complexity index is 202. The second-order valence-electron chi connectivity index (χ2n) is 3.68. The van der Waals surface area contributed by atoms with E-state index < -0.39 is 0 Å². The van der Waals surface area contributed by atoms with E-state index >= 15 is 0 Å². The molecule has 0 radical (unpaired) electrons. The third kappa shape index (κ3) is 7.14. The number of hydrogen-bond acceptors (Lipinski definition) is 1. The molecule has 0 aliphatic rings. The van der Waals surface area contributed by atoms with Crippen LogP contribution < -0.4 is 5.32 Å². The van der Waals surface area contributed by atoms with Crippen LogP contribution in [0, 0.1) is 17.3 Å². The minimum atomic E-state index is 0.0247. The van der Waals surface area contributed by atoms with Gasteiger partial charge in [0.25, 0.3) is 0 Å². The second kappa shape index (κ2) is 4.82. The van der Waals surface area contributed by atoms with Crippen molar-refractivity contribution >= 4 is 5.91 Å². The van der Waals surface area contributed by atoms with Crippen molar-refractivity contribution in [2.45, 2.75) is 34.1 Å². The SMILES string of the molecule is CCC(=O)NCC#CC(C)(C)C. The maximum atomic E-state index is 10.8. The normalized spacial score (nSPS) is 10.0. The molecule has 0 bridgehead atoms. The largest absolute Gasteiger partial charge is 0.345 e. The maximum Gasteiger partial charge on any atom is 0.220 e. The topological polar surface area (TPSA) is 29.1 Å². The summed E-state index contributed by atoms with van der Waals surface area (Å²) in [6.45, 7) is 8.42. The molecule has 1 amide bonds. The van der Waals surface area contributed by atoms with E-state index in [1.807, 2.05) is 27.7 Å². The Kier molecular flexibility index (Phi) is 4.43. The standard InChI is InChI=1S/C10H17NO/c1-5-9(12)11-8-6-7-10(2,3)4/h5,8H2,1-4H3,(H,11,12). The lowest BCUT2D eigenvalue weighted by Crippen LogP contribution is -2.22. The van der Waals surface area contributed by atoms with E-state index in [-0.39, 0.29) is 11.3 Å². The number of hydrogen-bond donors (Lipinski definition) is 1. The van der Waals surface area contributed by atoms with E-state index in [9.17, 15) is 4.79 Å². The predicted molar refractivity (Wildman–Crippen MR) is 50.5 cm³/mol. The zero-order chi connectivity index (χ0) is 9.61. The van der Waals surface area contributed by atoms with Crippen LogP contribution >= 0.6 is 0 Å². The molecule has 2 nitrogen and oxygen atoms in total. The molecule has 68 valence electrons. The van der Waals surface area contributed by atoms with Crippen molar-refractivity contribution in [1.29, 1.82) is 0 Å². The number of nitrogens with one attached hydrogen (secondary N) is 1. The average Bonchev–Trinajstić information content (AvgIpc) is 1.96. The first-order chi connectivity index (χ1) is 5.45. The predicted octanol–water partition coefficient (Wildman–Crippen LogP) is 1.56. The van der Waals surface area contributed by atoms with Crippen LogP contribution in [0.1, 0.15) is 34.1 Å². The fourth-order valence-corrected chi connectivity index (χ4v) is 0.577. The third-order valence-electron chi connectivity index (χ3n) is 1.16. The Labute approximate surface area is 74.7 Å². The van der Waals surface area contributed by atoms with Gasteiger partial charge in [-0.3, -0.25) is 4.79 Å². The summed E-state index contributed by atoms with van der Waals surface area (Å²) in [6.07, 6.45) is 0.525. The van der Waals surface area contributed by atoms with Crippen LogP contribution in [0.25, 0.3) is 0 Å². The van der Waals surface area contributed by atoms with Crippen molar-refractivity contribution in [3.8, 4) is 11.8 Å². The molecule has 0 aromatic heterocycles. The van der Waals surface area contributed by atoms with Crippen LogP contribution in [0.5, 0.6) is 0 Å². The summed E-state index contributed by atoms with van der Waals surface area (Å²) in [6, 6.07) is 0. The van der Waals surface area contributed by atoms with E-state index in [1.54, 1.807) is 0 Å². The van der Waals surface area contributed by atoms with Crippen LogP contribution in [-0.2, 0) is 4.79 Å². The monoisotopic (exact) mass is 167 g/mol. The Morgan fingerprint density at radius 3 is 2.42 bits per heavy atom. The second-order valence-corrected chi connectivity index (χ2v) is 3.68. The Hall–Kier alpha value is -0.970. The lowest BCUT2D eigenvalue weighted by atomic mass is 9.98. The van der Waals surface area contributed by atoms with Crippen molar-refractivity contribution in [2.24, 2.45) is 5.41 Å². The molecule has 0 aliphatic carbocycles. The first kappa shape index (κ1) is 11.0. The van der Waals surface area contributed by atoms with Gasteiger partial charge in [-0.05, 0) is 20.8 Å². The molecule has 2 heteroatoms. The van der Waals surface area contributed by atoms with E-state index in [2.05, 4.69) is 17.2 Å². The summed E-state index contributed by atoms with van der Waals surface area (Å²) >= 11 is 0. The van der Waals surface area contributed by atoms with Gasteiger partial charge in [0.05, 0.1) is 6.54 Å². The van der Waals surface area contributed by atoms with Gasteiger partial charge in [-0.2, -0.15) is 0 Å². The highest BCUT2D eigenvalue weighted by Gasteiger charge is 2.02. The van der Waals surface area contributed by atoms with E-state index in [4.69, 9.17) is 0 Å². The summed E-state index contributed by atoms with van der Waals surface area (Å²) in [4.78, 5) is 10.8. The molecule has 0 spiro atoms. The van der Waals surface area contributed by atoms with Crippen LogP contribution in [0.3, 0.4) is 0 Å². The molecule has 0 aromatic carbocycles. The lowest BCUT2D eigenvalue weighted by Gasteiger charge is -2.06. The molecule has 0 saturated heterocycles. The molecule has 12 heavy (non-hydrogen) atoms. The zero-order valence-corrected chi connectivity index (χ0v) is 8.32. The Balaban J connectivity index is 3.67. The molecule has 0 atom stereocenters. The molecule has 0 aromatic rings. The molecule has 0 saturated carbocycles. The minimum absolute atomic E-state index is 0.0247. The quantitative estimate of drug-likeness (QED) is 0.621. The fourth-order valence-electron chi connectivity index (χ4n) is 0.577. The maximum absolute atomic E-state index is 10.8. The molecule has 1 N–H and O–H groups in total. The Morgan fingerprint density at radius 1 is 1.42 bits per heavy atom. The third-order valence-corrected chi connectivity index (χ3v) is 1.16. The molecule has 0 aliphatic heterocycles. The van der Waals surface area contributed by atoms with Crippen molar-refractivity contribution in [2.75, 3.05) is 6.54 Å². The summed E-state index contributed by atoms with van der Waals surface area (Å²) in [5.41, 5.74) is 0.0247. The molecule has 0 rings (SSSR count). The van der Waals surface area contributed by atoms with Crippen LogP contribution in [-0.4, -0.2) is 12.5 Å². The van der Waals surface area contributed by atoms with Gasteiger partial charge in [-0.25, -0.2) is 0 Å². The molecular formula is C10H17NO. The molecule has 0 heterocycles. The van der Waals surface area contributed by atoms with Gasteiger partial charge < -0.3 is 5.32 Å². The van der Waals surface area contributed by atoms with Gasteiger partial charge >= 0.3 is 0 Å². The first-order valence-electron chi connectivity index (χ1n) is 4.22. The summed E-state index contributed by atoms with van der Waals surface area (Å²) in [5, 5.41) is 2.69. The van der Waals surface area contributed by atoms with E-state index in [1.165, 1.54) is 0 Å². The summed E-state index contributed by atoms with van der Waals surface area (Å²) in [7, 11) is 0. The number of amides is 1. The molecular weight excluding hydrogens is 150 g/mol. The van der Waals surface area contributed by atoms with Gasteiger partial charge in [0, 0.05) is 11.8 Å². The van der Waals surface area contributed by atoms with Crippen LogP contribution in [0.2, 0.25) is 0 Å². The highest BCUT2D eigenvalue weighted by atomic mass is 16.1. The molecule has 0 unspecified atom stereocenters. The highest BCUT2D eigenvalue weighted by Crippen LogP contribution is 2.09. The first-order valence-corrected chi connectivity index (χ1v) is 4.22. The lowest BCUT2D eigenvalue weighted by molar-refractivity contribution is -0.120. The summed E-state index contributed by atoms with van der Waals surface area (Å²) in [5.74, 6) is 6.00. The molecule has 0 fully saturated rings. The van der Waals surface area contributed by atoms with Gasteiger partial charge in [-0.1, -0.05) is 18.8 Å².